The molecule has 3 rings (SSSR count). The fourth-order valence-electron chi connectivity index (χ4n) is 3.18. The van der Waals surface area contributed by atoms with Crippen LogP contribution in [0.1, 0.15) is 31.2 Å². The van der Waals surface area contributed by atoms with Crippen molar-refractivity contribution in [1.82, 2.24) is 15.8 Å². The molecule has 0 saturated carbocycles. The molecule has 0 aliphatic carbocycles. The van der Waals surface area contributed by atoms with E-state index in [9.17, 15) is 14.4 Å². The van der Waals surface area contributed by atoms with Crippen molar-refractivity contribution >= 4 is 29.3 Å². The summed E-state index contributed by atoms with van der Waals surface area (Å²) in [6.07, 6.45) is 3.71. The Morgan fingerprint density at radius 3 is 2.92 bits per heavy atom. The largest absolute Gasteiger partial charge is 0.492 e. The number of halogens is 1. The van der Waals surface area contributed by atoms with Crippen LogP contribution in [-0.2, 0) is 20.8 Å². The van der Waals surface area contributed by atoms with Crippen molar-refractivity contribution in [3.63, 3.8) is 0 Å². The molecule has 2 heterocycles. The molecule has 26 heavy (non-hydrogen) atoms. The van der Waals surface area contributed by atoms with Gasteiger partial charge in [-0.05, 0) is 43.0 Å². The maximum absolute atomic E-state index is 12.3. The molecular weight excluding hydrogens is 358 g/mol. The Bertz CT molecular complexity index is 710. The molecule has 0 radical (unpaired) electrons. The molecule has 1 saturated heterocycles. The van der Waals surface area contributed by atoms with Crippen LogP contribution in [0.2, 0.25) is 5.02 Å². The summed E-state index contributed by atoms with van der Waals surface area (Å²) in [6, 6.07) is 5.30. The summed E-state index contributed by atoms with van der Waals surface area (Å²) in [5.74, 6) is -0.443. The summed E-state index contributed by atoms with van der Waals surface area (Å²) >= 11 is 5.98. The van der Waals surface area contributed by atoms with Crippen LogP contribution in [-0.4, -0.2) is 42.3 Å². The van der Waals surface area contributed by atoms with Crippen molar-refractivity contribution in [2.75, 3.05) is 19.7 Å². The van der Waals surface area contributed by atoms with Gasteiger partial charge in [-0.1, -0.05) is 18.0 Å². The Labute approximate surface area is 157 Å². The smallest absolute Gasteiger partial charge is 0.257 e. The molecule has 1 fully saturated rings. The lowest BCUT2D eigenvalue weighted by Crippen LogP contribution is -2.50. The van der Waals surface area contributed by atoms with E-state index in [1.54, 1.807) is 18.2 Å². The molecule has 1 aromatic carbocycles. The molecule has 1 atom stereocenters. The Hall–Kier alpha value is -2.28. The first-order valence-corrected chi connectivity index (χ1v) is 9.18. The lowest BCUT2D eigenvalue weighted by molar-refractivity contribution is -0.137. The highest BCUT2D eigenvalue weighted by Crippen LogP contribution is 2.29. The summed E-state index contributed by atoms with van der Waals surface area (Å²) < 4.78 is 5.58. The number of carbonyl (C=O) groups is 3. The van der Waals surface area contributed by atoms with Gasteiger partial charge in [0, 0.05) is 18.0 Å². The number of amides is 3. The van der Waals surface area contributed by atoms with Gasteiger partial charge in [0.25, 0.3) is 5.91 Å². The highest BCUT2D eigenvalue weighted by Gasteiger charge is 2.27. The summed E-state index contributed by atoms with van der Waals surface area (Å²) in [7, 11) is 0. The number of fused-ring (bicyclic) bond motifs is 1. The highest BCUT2D eigenvalue weighted by molar-refractivity contribution is 6.30. The predicted molar refractivity (Wildman–Crippen MR) is 95.5 cm³/mol. The molecule has 2 N–H and O–H groups in total. The molecule has 8 heteroatoms. The summed E-state index contributed by atoms with van der Waals surface area (Å²) in [5.41, 5.74) is 5.68. The topological polar surface area (TPSA) is 87.7 Å². The first-order valence-electron chi connectivity index (χ1n) is 8.80. The molecule has 140 valence electrons. The molecule has 0 aromatic heterocycles. The number of hydrogen-bond acceptors (Lipinski definition) is 4. The molecule has 0 spiro atoms. The second-order valence-electron chi connectivity index (χ2n) is 6.63. The van der Waals surface area contributed by atoms with Gasteiger partial charge in [0.2, 0.25) is 11.8 Å². The van der Waals surface area contributed by atoms with Crippen LogP contribution < -0.4 is 15.6 Å². The maximum Gasteiger partial charge on any atom is 0.257 e. The van der Waals surface area contributed by atoms with Gasteiger partial charge >= 0.3 is 0 Å². The van der Waals surface area contributed by atoms with E-state index in [0.29, 0.717) is 24.4 Å². The van der Waals surface area contributed by atoms with Gasteiger partial charge in [-0.15, -0.1) is 0 Å². The predicted octanol–water partition coefficient (Wildman–Crippen LogP) is 1.44. The van der Waals surface area contributed by atoms with Crippen molar-refractivity contribution in [3.05, 3.63) is 28.8 Å². The summed E-state index contributed by atoms with van der Waals surface area (Å²) in [4.78, 5) is 37.8. The Morgan fingerprint density at radius 2 is 2.08 bits per heavy atom. The number of ether oxygens (including phenoxy) is 1. The van der Waals surface area contributed by atoms with Crippen molar-refractivity contribution in [2.45, 2.75) is 32.1 Å². The van der Waals surface area contributed by atoms with E-state index in [4.69, 9.17) is 16.3 Å². The van der Waals surface area contributed by atoms with Crippen LogP contribution in [0.4, 0.5) is 0 Å². The van der Waals surface area contributed by atoms with Crippen LogP contribution in [0.5, 0.6) is 5.75 Å². The number of hydrazine groups is 1. The number of likely N-dealkylation sites (tertiary alicyclic amines) is 1. The average Bonchev–Trinajstić information content (AvgIpc) is 2.83. The third-order valence-electron chi connectivity index (χ3n) is 4.63. The first-order chi connectivity index (χ1) is 12.5. The van der Waals surface area contributed by atoms with E-state index in [1.165, 1.54) is 4.90 Å². The van der Waals surface area contributed by atoms with E-state index in [1.807, 2.05) is 0 Å². The Morgan fingerprint density at radius 1 is 1.23 bits per heavy atom. The average molecular weight is 380 g/mol. The van der Waals surface area contributed by atoms with Gasteiger partial charge in [-0.25, -0.2) is 0 Å². The first kappa shape index (κ1) is 18.5. The van der Waals surface area contributed by atoms with E-state index in [-0.39, 0.29) is 25.0 Å². The Balaban J connectivity index is 1.48. The Kier molecular flexibility index (Phi) is 5.98. The van der Waals surface area contributed by atoms with Crippen molar-refractivity contribution in [2.24, 2.45) is 5.92 Å². The van der Waals surface area contributed by atoms with Gasteiger partial charge < -0.3 is 9.64 Å². The zero-order valence-corrected chi connectivity index (χ0v) is 15.2. The van der Waals surface area contributed by atoms with E-state index >= 15 is 0 Å². The molecule has 2 aliphatic rings. The lowest BCUT2D eigenvalue weighted by Gasteiger charge is -2.25. The zero-order valence-electron chi connectivity index (χ0n) is 14.4. The zero-order chi connectivity index (χ0) is 18.5. The monoisotopic (exact) mass is 379 g/mol. The van der Waals surface area contributed by atoms with Crippen LogP contribution in [0, 0.1) is 5.92 Å². The van der Waals surface area contributed by atoms with E-state index in [0.717, 1.165) is 30.6 Å². The molecule has 3 amide bonds. The molecule has 0 bridgehead atoms. The van der Waals surface area contributed by atoms with Gasteiger partial charge in [-0.2, -0.15) is 0 Å². The second-order valence-corrected chi connectivity index (χ2v) is 7.06. The number of rotatable bonds is 3. The number of hydrogen-bond donors (Lipinski definition) is 2. The third kappa shape index (κ3) is 4.66. The fraction of sp³-hybridized carbons (Fsp3) is 0.500. The third-order valence-corrected chi connectivity index (χ3v) is 4.87. The van der Waals surface area contributed by atoms with E-state index in [2.05, 4.69) is 10.9 Å². The SMILES string of the molecule is O=C(CN1CCCCCC1=O)NNC(=O)[C@@H]1COc2ccc(Cl)cc2C1. The lowest BCUT2D eigenvalue weighted by atomic mass is 9.96. The summed E-state index contributed by atoms with van der Waals surface area (Å²) in [6.45, 7) is 0.772. The number of benzene rings is 1. The van der Waals surface area contributed by atoms with Crippen LogP contribution in [0.25, 0.3) is 0 Å². The molecule has 2 aliphatic heterocycles. The summed E-state index contributed by atoms with van der Waals surface area (Å²) in [5, 5.41) is 0.587. The molecule has 1 aromatic rings. The minimum atomic E-state index is -0.416. The van der Waals surface area contributed by atoms with Crippen molar-refractivity contribution in [3.8, 4) is 5.75 Å². The van der Waals surface area contributed by atoms with Gasteiger partial charge in [0.1, 0.15) is 18.9 Å². The highest BCUT2D eigenvalue weighted by atomic mass is 35.5. The van der Waals surface area contributed by atoms with Crippen LogP contribution >= 0.6 is 11.6 Å². The fourth-order valence-corrected chi connectivity index (χ4v) is 3.38. The van der Waals surface area contributed by atoms with Crippen LogP contribution in [0.15, 0.2) is 18.2 Å². The number of nitrogens with zero attached hydrogens (tertiary/aromatic N) is 1. The maximum atomic E-state index is 12.3. The number of carbonyl (C=O) groups excluding carboxylic acids is 3. The van der Waals surface area contributed by atoms with Crippen molar-refractivity contribution < 1.29 is 19.1 Å². The normalized spacial score (nSPS) is 19.8. The number of nitrogens with one attached hydrogen (secondary N) is 2. The minimum absolute atomic E-state index is 0.0156. The van der Waals surface area contributed by atoms with Gasteiger partial charge in [-0.3, -0.25) is 25.2 Å². The van der Waals surface area contributed by atoms with E-state index < -0.39 is 11.8 Å². The second kappa shape index (κ2) is 8.40. The van der Waals surface area contributed by atoms with Crippen molar-refractivity contribution in [1.29, 1.82) is 0 Å². The molecule has 7 nitrogen and oxygen atoms in total. The van der Waals surface area contributed by atoms with Gasteiger partial charge in [0.05, 0.1) is 5.92 Å². The quantitative estimate of drug-likeness (QED) is 0.778. The molecule has 0 unspecified atom stereocenters. The van der Waals surface area contributed by atoms with Gasteiger partial charge in [0.15, 0.2) is 0 Å². The minimum Gasteiger partial charge on any atom is -0.492 e. The van der Waals surface area contributed by atoms with Crippen LogP contribution in [0.3, 0.4) is 0 Å². The molecular formula is C18H22ClN3O4. The standard InChI is InChI=1S/C18H22ClN3O4/c19-14-5-6-15-12(9-14)8-13(11-26-15)18(25)21-20-16(23)10-22-7-3-1-2-4-17(22)24/h5-6,9,13H,1-4,7-8,10-11H2,(H,20,23)(H,21,25)/t13-/m0/s1.